The van der Waals surface area contributed by atoms with E-state index in [9.17, 15) is 17.6 Å². The Balaban J connectivity index is 1.97. The summed E-state index contributed by atoms with van der Waals surface area (Å²) in [6, 6.07) is 11.5. The summed E-state index contributed by atoms with van der Waals surface area (Å²) >= 11 is 7.37. The smallest absolute Gasteiger partial charge is 0.243 e. The molecule has 2 aromatic rings. The number of anilines is 1. The van der Waals surface area contributed by atoms with Crippen LogP contribution in [0.2, 0.25) is 5.02 Å². The van der Waals surface area contributed by atoms with Gasteiger partial charge in [-0.05, 0) is 49.4 Å². The van der Waals surface area contributed by atoms with Crippen LogP contribution in [0.4, 0.5) is 10.1 Å². The van der Waals surface area contributed by atoms with Crippen LogP contribution >= 0.6 is 23.4 Å². The van der Waals surface area contributed by atoms with Crippen LogP contribution in [0.1, 0.15) is 6.92 Å². The summed E-state index contributed by atoms with van der Waals surface area (Å²) in [5.41, 5.74) is 0.107. The van der Waals surface area contributed by atoms with Crippen LogP contribution in [-0.4, -0.2) is 38.9 Å². The second kappa shape index (κ2) is 9.43. The minimum absolute atomic E-state index is 0.107. The molecule has 0 spiro atoms. The fourth-order valence-corrected chi connectivity index (χ4v) is 4.50. The number of rotatable bonds is 8. The number of carbonyl (C=O) groups excluding carboxylic acids is 1. The molecule has 0 radical (unpaired) electrons. The lowest BCUT2D eigenvalue weighted by atomic mass is 10.2. The van der Waals surface area contributed by atoms with Gasteiger partial charge in [-0.2, -0.15) is 0 Å². The van der Waals surface area contributed by atoms with Gasteiger partial charge < -0.3 is 5.32 Å². The van der Waals surface area contributed by atoms with E-state index in [4.69, 9.17) is 11.6 Å². The predicted octanol–water partition coefficient (Wildman–Crippen LogP) is 3.54. The summed E-state index contributed by atoms with van der Waals surface area (Å²) in [6.07, 6.45) is 0.984. The zero-order chi connectivity index (χ0) is 20.0. The van der Waals surface area contributed by atoms with Gasteiger partial charge >= 0.3 is 0 Å². The number of hydrogen-bond acceptors (Lipinski definition) is 4. The van der Waals surface area contributed by atoms with Crippen LogP contribution < -0.4 is 9.62 Å². The molecule has 2 aromatic carbocycles. The lowest BCUT2D eigenvalue weighted by Crippen LogP contribution is -2.48. The third-order valence-corrected chi connectivity index (χ3v) is 6.14. The van der Waals surface area contributed by atoms with Gasteiger partial charge in [0.25, 0.3) is 0 Å². The molecular formula is C18H20ClFN2O3S2. The second-order valence-electron chi connectivity index (χ2n) is 5.81. The van der Waals surface area contributed by atoms with E-state index in [2.05, 4.69) is 5.32 Å². The van der Waals surface area contributed by atoms with E-state index in [1.165, 1.54) is 25.1 Å². The molecule has 0 saturated heterocycles. The molecule has 5 nitrogen and oxygen atoms in total. The highest BCUT2D eigenvalue weighted by Gasteiger charge is 2.29. The topological polar surface area (TPSA) is 66.5 Å². The minimum atomic E-state index is -3.77. The number of nitrogens with zero attached hydrogens (tertiary/aromatic N) is 1. The van der Waals surface area contributed by atoms with Crippen molar-refractivity contribution in [2.45, 2.75) is 17.9 Å². The molecule has 0 unspecified atom stereocenters. The standard InChI is InChI=1S/C18H20ClFN2O3S2/c1-13(22(27(2,24)25)16-5-3-4-15(20)12-16)18(23)21-10-11-26-17-8-6-14(19)7-9-17/h3-9,12-13H,10-11H2,1-2H3,(H,21,23)/t13-/m0/s1. The molecule has 2 rings (SSSR count). The number of hydrogen-bond donors (Lipinski definition) is 1. The zero-order valence-corrected chi connectivity index (χ0v) is 17.2. The SMILES string of the molecule is C[C@@H](C(=O)NCCSc1ccc(Cl)cc1)N(c1cccc(F)c1)S(C)(=O)=O. The average molecular weight is 431 g/mol. The number of amides is 1. The summed E-state index contributed by atoms with van der Waals surface area (Å²) in [7, 11) is -3.77. The second-order valence-corrected chi connectivity index (χ2v) is 9.27. The van der Waals surface area contributed by atoms with Crippen LogP contribution in [0.5, 0.6) is 0 Å². The van der Waals surface area contributed by atoms with Crippen molar-refractivity contribution in [2.24, 2.45) is 0 Å². The number of benzene rings is 2. The summed E-state index contributed by atoms with van der Waals surface area (Å²) in [4.78, 5) is 13.4. The molecule has 0 fully saturated rings. The third kappa shape index (κ3) is 6.41. The molecule has 0 aliphatic carbocycles. The van der Waals surface area contributed by atoms with Crippen LogP contribution in [0, 0.1) is 5.82 Å². The maximum Gasteiger partial charge on any atom is 0.243 e. The molecule has 0 bridgehead atoms. The lowest BCUT2D eigenvalue weighted by molar-refractivity contribution is -0.121. The Morgan fingerprint density at radius 1 is 1.26 bits per heavy atom. The van der Waals surface area contributed by atoms with Gasteiger partial charge in [-0.25, -0.2) is 12.8 Å². The van der Waals surface area contributed by atoms with Crippen molar-refractivity contribution in [1.29, 1.82) is 0 Å². The van der Waals surface area contributed by atoms with E-state index in [0.29, 0.717) is 17.3 Å². The fourth-order valence-electron chi connectivity index (χ4n) is 2.44. The first-order valence-electron chi connectivity index (χ1n) is 8.09. The Bertz CT molecular complexity index is 892. The van der Waals surface area contributed by atoms with Crippen LogP contribution in [0.3, 0.4) is 0 Å². The minimum Gasteiger partial charge on any atom is -0.353 e. The highest BCUT2D eigenvalue weighted by molar-refractivity contribution is 7.99. The number of halogens is 2. The lowest BCUT2D eigenvalue weighted by Gasteiger charge is -2.28. The molecule has 1 atom stereocenters. The quantitative estimate of drug-likeness (QED) is 0.513. The predicted molar refractivity (Wildman–Crippen MR) is 108 cm³/mol. The number of carbonyl (C=O) groups is 1. The third-order valence-electron chi connectivity index (χ3n) is 3.63. The van der Waals surface area contributed by atoms with Crippen molar-refractivity contribution in [3.05, 3.63) is 59.4 Å². The van der Waals surface area contributed by atoms with Crippen LogP contribution in [0.15, 0.2) is 53.4 Å². The van der Waals surface area contributed by atoms with Gasteiger partial charge in [0.2, 0.25) is 15.9 Å². The molecule has 0 aliphatic rings. The monoisotopic (exact) mass is 430 g/mol. The van der Waals surface area contributed by atoms with E-state index < -0.39 is 27.8 Å². The molecule has 0 saturated carbocycles. The van der Waals surface area contributed by atoms with Crippen molar-refractivity contribution >= 4 is 45.0 Å². The van der Waals surface area contributed by atoms with E-state index in [-0.39, 0.29) is 5.69 Å². The number of nitrogens with one attached hydrogen (secondary N) is 1. The molecule has 0 heterocycles. The van der Waals surface area contributed by atoms with Gasteiger partial charge in [0, 0.05) is 22.2 Å². The Kier molecular flexibility index (Phi) is 7.52. The van der Waals surface area contributed by atoms with Gasteiger partial charge in [0.1, 0.15) is 11.9 Å². The molecule has 0 aliphatic heterocycles. The van der Waals surface area contributed by atoms with Crippen LogP contribution in [-0.2, 0) is 14.8 Å². The van der Waals surface area contributed by atoms with Crippen molar-refractivity contribution in [1.82, 2.24) is 5.32 Å². The van der Waals surface area contributed by atoms with Crippen molar-refractivity contribution in [2.75, 3.05) is 22.9 Å². The Hall–Kier alpha value is -1.77. The highest BCUT2D eigenvalue weighted by Crippen LogP contribution is 2.22. The molecule has 9 heteroatoms. The van der Waals surface area contributed by atoms with E-state index in [1.807, 2.05) is 12.1 Å². The first-order valence-corrected chi connectivity index (χ1v) is 11.3. The fraction of sp³-hybridized carbons (Fsp3) is 0.278. The normalized spacial score (nSPS) is 12.4. The number of sulfonamides is 1. The summed E-state index contributed by atoms with van der Waals surface area (Å²) < 4.78 is 38.7. The number of thioether (sulfide) groups is 1. The van der Waals surface area contributed by atoms with Crippen molar-refractivity contribution in [3.63, 3.8) is 0 Å². The molecule has 1 amide bonds. The van der Waals surface area contributed by atoms with Gasteiger partial charge in [-0.15, -0.1) is 11.8 Å². The van der Waals surface area contributed by atoms with Gasteiger partial charge in [-0.3, -0.25) is 9.10 Å². The Labute approximate surface area is 168 Å². The van der Waals surface area contributed by atoms with Crippen molar-refractivity contribution in [3.8, 4) is 0 Å². The molecule has 146 valence electrons. The molecule has 27 heavy (non-hydrogen) atoms. The first-order chi connectivity index (χ1) is 12.7. The Morgan fingerprint density at radius 2 is 1.93 bits per heavy atom. The zero-order valence-electron chi connectivity index (χ0n) is 14.9. The van der Waals surface area contributed by atoms with Gasteiger partial charge in [-0.1, -0.05) is 17.7 Å². The Morgan fingerprint density at radius 3 is 2.52 bits per heavy atom. The highest BCUT2D eigenvalue weighted by atomic mass is 35.5. The van der Waals surface area contributed by atoms with E-state index in [1.54, 1.807) is 23.9 Å². The van der Waals surface area contributed by atoms with E-state index >= 15 is 0 Å². The van der Waals surface area contributed by atoms with Crippen molar-refractivity contribution < 1.29 is 17.6 Å². The van der Waals surface area contributed by atoms with Crippen LogP contribution in [0.25, 0.3) is 0 Å². The molecule has 1 N–H and O–H groups in total. The summed E-state index contributed by atoms with van der Waals surface area (Å²) in [5.74, 6) is -0.423. The summed E-state index contributed by atoms with van der Waals surface area (Å²) in [5, 5.41) is 3.37. The average Bonchev–Trinajstić information content (AvgIpc) is 2.59. The summed E-state index contributed by atoms with van der Waals surface area (Å²) in [6.45, 7) is 1.82. The first kappa shape index (κ1) is 21.5. The maximum absolute atomic E-state index is 13.5. The largest absolute Gasteiger partial charge is 0.353 e. The molecule has 0 aromatic heterocycles. The van der Waals surface area contributed by atoms with E-state index in [0.717, 1.165) is 21.5 Å². The van der Waals surface area contributed by atoms with Gasteiger partial charge in [0.05, 0.1) is 11.9 Å². The molecular weight excluding hydrogens is 411 g/mol. The van der Waals surface area contributed by atoms with Gasteiger partial charge in [0.15, 0.2) is 0 Å². The maximum atomic E-state index is 13.5.